The number of piperazine rings is 1. The molecule has 0 atom stereocenters. The number of amides is 1. The molecule has 24 heavy (non-hydrogen) atoms. The number of hydrogen-bond donors (Lipinski definition) is 0. The smallest absolute Gasteiger partial charge is 0.253 e. The van der Waals surface area contributed by atoms with Crippen LogP contribution < -0.4 is 0 Å². The molecule has 0 radical (unpaired) electrons. The molecule has 2 aromatic rings. The van der Waals surface area contributed by atoms with Crippen molar-refractivity contribution < 1.29 is 4.79 Å². The Hall–Kier alpha value is -2.20. The molecule has 1 amide bonds. The molecule has 1 aromatic carbocycles. The highest BCUT2D eigenvalue weighted by Gasteiger charge is 2.23. The fourth-order valence-electron chi connectivity index (χ4n) is 3.72. The summed E-state index contributed by atoms with van der Waals surface area (Å²) in [6.07, 6.45) is 5.34. The van der Waals surface area contributed by atoms with E-state index in [1.54, 1.807) is 0 Å². The van der Waals surface area contributed by atoms with Crippen LogP contribution in [0.15, 0.2) is 42.6 Å². The van der Waals surface area contributed by atoms with Gasteiger partial charge in [-0.25, -0.2) is 0 Å². The number of nitrogens with zero attached hydrogens (tertiary/aromatic N) is 3. The van der Waals surface area contributed by atoms with Gasteiger partial charge in [-0.3, -0.25) is 14.7 Å². The minimum atomic E-state index is 0.183. The highest BCUT2D eigenvalue weighted by Crippen LogP contribution is 2.23. The first-order valence-electron chi connectivity index (χ1n) is 8.83. The van der Waals surface area contributed by atoms with Gasteiger partial charge in [0.05, 0.1) is 5.69 Å². The third-order valence-electron chi connectivity index (χ3n) is 5.12. The monoisotopic (exact) mass is 321 g/mol. The zero-order chi connectivity index (χ0) is 16.4. The van der Waals surface area contributed by atoms with Gasteiger partial charge in [0.25, 0.3) is 5.91 Å². The predicted molar refractivity (Wildman–Crippen MR) is 93.9 cm³/mol. The summed E-state index contributed by atoms with van der Waals surface area (Å²) in [5.74, 6) is 0.183. The van der Waals surface area contributed by atoms with Gasteiger partial charge in [-0.1, -0.05) is 12.1 Å². The number of carbonyl (C=O) groups is 1. The number of hydrogen-bond acceptors (Lipinski definition) is 3. The summed E-state index contributed by atoms with van der Waals surface area (Å²) in [5, 5.41) is 0. The van der Waals surface area contributed by atoms with Gasteiger partial charge in [0.2, 0.25) is 0 Å². The van der Waals surface area contributed by atoms with Crippen molar-refractivity contribution in [3.63, 3.8) is 0 Å². The van der Waals surface area contributed by atoms with E-state index in [2.05, 4.69) is 28.1 Å². The molecule has 2 aliphatic rings. The van der Waals surface area contributed by atoms with Gasteiger partial charge in [-0.15, -0.1) is 0 Å². The molecule has 1 aromatic heterocycles. The number of aromatic nitrogens is 1. The third-order valence-corrected chi connectivity index (χ3v) is 5.12. The van der Waals surface area contributed by atoms with Gasteiger partial charge in [-0.05, 0) is 54.7 Å². The van der Waals surface area contributed by atoms with Crippen molar-refractivity contribution in [3.8, 4) is 0 Å². The highest BCUT2D eigenvalue weighted by atomic mass is 16.2. The second kappa shape index (κ2) is 6.73. The Kier molecular flexibility index (Phi) is 4.30. The number of pyridine rings is 1. The number of fused-ring (bicyclic) bond motifs is 1. The van der Waals surface area contributed by atoms with Gasteiger partial charge < -0.3 is 4.90 Å². The average Bonchev–Trinajstić information content (AvgIpc) is 3.10. The largest absolute Gasteiger partial charge is 0.336 e. The maximum absolute atomic E-state index is 12.8. The van der Waals surface area contributed by atoms with Gasteiger partial charge in [0.1, 0.15) is 0 Å². The lowest BCUT2D eigenvalue weighted by Gasteiger charge is -2.34. The lowest BCUT2D eigenvalue weighted by Crippen LogP contribution is -2.48. The molecule has 0 unspecified atom stereocenters. The molecule has 4 rings (SSSR count). The molecule has 4 heteroatoms. The minimum absolute atomic E-state index is 0.183. The SMILES string of the molecule is O=C(c1ccc2c(c1)CCC2)N1CCN(Cc2ccccn2)CC1. The fourth-order valence-corrected chi connectivity index (χ4v) is 3.72. The van der Waals surface area contributed by atoms with Gasteiger partial charge in [-0.2, -0.15) is 0 Å². The Bertz CT molecular complexity index is 721. The molecule has 0 bridgehead atoms. The van der Waals surface area contributed by atoms with Crippen molar-refractivity contribution in [2.24, 2.45) is 0 Å². The Morgan fingerprint density at radius 3 is 2.62 bits per heavy atom. The van der Waals surface area contributed by atoms with E-state index in [4.69, 9.17) is 0 Å². The number of rotatable bonds is 3. The molecule has 1 saturated heterocycles. The van der Waals surface area contributed by atoms with Crippen molar-refractivity contribution in [1.82, 2.24) is 14.8 Å². The van der Waals surface area contributed by atoms with Crippen LogP contribution >= 0.6 is 0 Å². The summed E-state index contributed by atoms with van der Waals surface area (Å²) < 4.78 is 0. The topological polar surface area (TPSA) is 36.4 Å². The van der Waals surface area contributed by atoms with E-state index in [1.165, 1.54) is 17.5 Å². The first kappa shape index (κ1) is 15.3. The van der Waals surface area contributed by atoms with Crippen molar-refractivity contribution in [2.75, 3.05) is 26.2 Å². The van der Waals surface area contributed by atoms with Crippen LogP contribution in [-0.2, 0) is 19.4 Å². The van der Waals surface area contributed by atoms with Gasteiger partial charge in [0.15, 0.2) is 0 Å². The van der Waals surface area contributed by atoms with Crippen LogP contribution in [-0.4, -0.2) is 46.9 Å². The summed E-state index contributed by atoms with van der Waals surface area (Å²) in [4.78, 5) is 21.5. The van der Waals surface area contributed by atoms with Crippen molar-refractivity contribution in [2.45, 2.75) is 25.8 Å². The third kappa shape index (κ3) is 3.20. The van der Waals surface area contributed by atoms with Crippen molar-refractivity contribution >= 4 is 5.91 Å². The second-order valence-corrected chi connectivity index (χ2v) is 6.73. The number of carbonyl (C=O) groups excluding carboxylic acids is 1. The molecule has 1 aliphatic carbocycles. The zero-order valence-electron chi connectivity index (χ0n) is 13.9. The number of aryl methyl sites for hydroxylation is 2. The quantitative estimate of drug-likeness (QED) is 0.872. The maximum atomic E-state index is 12.8. The lowest BCUT2D eigenvalue weighted by molar-refractivity contribution is 0.0627. The maximum Gasteiger partial charge on any atom is 0.253 e. The van der Waals surface area contributed by atoms with E-state index in [0.29, 0.717) is 0 Å². The molecule has 4 nitrogen and oxygen atoms in total. The van der Waals surface area contributed by atoms with E-state index in [1.807, 2.05) is 29.3 Å². The first-order valence-corrected chi connectivity index (χ1v) is 8.83. The van der Waals surface area contributed by atoms with Gasteiger partial charge >= 0.3 is 0 Å². The van der Waals surface area contributed by atoms with Crippen LogP contribution in [0.25, 0.3) is 0 Å². The first-order chi connectivity index (χ1) is 11.8. The van der Waals surface area contributed by atoms with Gasteiger partial charge in [0, 0.05) is 44.5 Å². The Labute approximate surface area is 143 Å². The highest BCUT2D eigenvalue weighted by molar-refractivity contribution is 5.94. The lowest BCUT2D eigenvalue weighted by atomic mass is 10.1. The molecular weight excluding hydrogens is 298 g/mol. The van der Waals surface area contributed by atoms with E-state index in [9.17, 15) is 4.79 Å². The summed E-state index contributed by atoms with van der Waals surface area (Å²) in [5.41, 5.74) is 4.74. The molecule has 1 aliphatic heterocycles. The number of benzene rings is 1. The summed E-state index contributed by atoms with van der Waals surface area (Å²) in [7, 11) is 0. The van der Waals surface area contributed by atoms with Crippen LogP contribution in [0.2, 0.25) is 0 Å². The fraction of sp³-hybridized carbons (Fsp3) is 0.400. The Balaban J connectivity index is 1.36. The summed E-state index contributed by atoms with van der Waals surface area (Å²) in [6.45, 7) is 4.27. The van der Waals surface area contributed by atoms with E-state index in [0.717, 1.165) is 56.8 Å². The van der Waals surface area contributed by atoms with E-state index in [-0.39, 0.29) is 5.91 Å². The van der Waals surface area contributed by atoms with Crippen LogP contribution in [0.1, 0.15) is 33.6 Å². The minimum Gasteiger partial charge on any atom is -0.336 e. The standard InChI is InChI=1S/C20H23N3O/c24-20(18-8-7-16-4-3-5-17(16)14-18)23-12-10-22(11-13-23)15-19-6-1-2-9-21-19/h1-2,6-9,14H,3-5,10-13,15H2. The van der Waals surface area contributed by atoms with Crippen LogP contribution in [0.5, 0.6) is 0 Å². The van der Waals surface area contributed by atoms with Crippen molar-refractivity contribution in [3.05, 3.63) is 65.0 Å². The summed E-state index contributed by atoms with van der Waals surface area (Å²) in [6, 6.07) is 12.3. The van der Waals surface area contributed by atoms with E-state index >= 15 is 0 Å². The second-order valence-electron chi connectivity index (χ2n) is 6.73. The molecule has 124 valence electrons. The Morgan fingerprint density at radius 2 is 1.83 bits per heavy atom. The van der Waals surface area contributed by atoms with Crippen LogP contribution in [0, 0.1) is 0 Å². The molecule has 1 fully saturated rings. The molecule has 2 heterocycles. The van der Waals surface area contributed by atoms with E-state index < -0.39 is 0 Å². The van der Waals surface area contributed by atoms with Crippen LogP contribution in [0.4, 0.5) is 0 Å². The predicted octanol–water partition coefficient (Wildman–Crippen LogP) is 2.53. The summed E-state index contributed by atoms with van der Waals surface area (Å²) >= 11 is 0. The Morgan fingerprint density at radius 1 is 1.00 bits per heavy atom. The average molecular weight is 321 g/mol. The van der Waals surface area contributed by atoms with Crippen molar-refractivity contribution in [1.29, 1.82) is 0 Å². The molecule has 0 spiro atoms. The molecular formula is C20H23N3O. The normalized spacial score (nSPS) is 17.8. The zero-order valence-corrected chi connectivity index (χ0v) is 13.9. The molecule has 0 saturated carbocycles. The van der Waals surface area contributed by atoms with Crippen LogP contribution in [0.3, 0.4) is 0 Å². The molecule has 0 N–H and O–H groups in total.